The fraction of sp³-hybridized carbons (Fsp3) is 0.353. The number of hydrogen-bond acceptors (Lipinski definition) is 2. The van der Waals surface area contributed by atoms with Gasteiger partial charge < -0.3 is 10.4 Å². The van der Waals surface area contributed by atoms with Gasteiger partial charge in [-0.2, -0.15) is 0 Å². The largest absolute Gasteiger partial charge is 0.394 e. The van der Waals surface area contributed by atoms with Gasteiger partial charge in [0.25, 0.3) is 0 Å². The first kappa shape index (κ1) is 14.5. The molecule has 1 amide bonds. The predicted molar refractivity (Wildman–Crippen MR) is 81.5 cm³/mol. The van der Waals surface area contributed by atoms with E-state index in [1.165, 1.54) is 5.39 Å². The highest BCUT2D eigenvalue weighted by molar-refractivity contribution is 5.85. The van der Waals surface area contributed by atoms with Gasteiger partial charge in [0, 0.05) is 0 Å². The van der Waals surface area contributed by atoms with E-state index in [-0.39, 0.29) is 24.5 Å². The lowest BCUT2D eigenvalue weighted by Crippen LogP contribution is -2.41. The lowest BCUT2D eigenvalue weighted by Gasteiger charge is -2.19. The molecule has 1 atom stereocenters. The van der Waals surface area contributed by atoms with Crippen LogP contribution in [0.1, 0.15) is 19.4 Å². The summed E-state index contributed by atoms with van der Waals surface area (Å²) in [6, 6.07) is 14.0. The zero-order valence-electron chi connectivity index (χ0n) is 12.0. The summed E-state index contributed by atoms with van der Waals surface area (Å²) in [4.78, 5) is 12.0. The summed E-state index contributed by atoms with van der Waals surface area (Å²) in [7, 11) is 0. The van der Waals surface area contributed by atoms with Crippen molar-refractivity contribution in [1.82, 2.24) is 5.32 Å². The molecule has 0 fully saturated rings. The van der Waals surface area contributed by atoms with Gasteiger partial charge in [0.2, 0.25) is 5.91 Å². The average molecular weight is 271 g/mol. The molecule has 0 heterocycles. The van der Waals surface area contributed by atoms with Crippen molar-refractivity contribution >= 4 is 16.7 Å². The predicted octanol–water partition coefficient (Wildman–Crippen LogP) is 2.52. The van der Waals surface area contributed by atoms with Crippen molar-refractivity contribution in [2.45, 2.75) is 26.3 Å². The zero-order chi connectivity index (χ0) is 14.5. The van der Waals surface area contributed by atoms with Crippen LogP contribution in [0.5, 0.6) is 0 Å². The minimum absolute atomic E-state index is 0.0267. The molecular formula is C17H21NO2. The molecule has 2 aromatic carbocycles. The van der Waals surface area contributed by atoms with Gasteiger partial charge in [-0.3, -0.25) is 4.79 Å². The maximum absolute atomic E-state index is 12.0. The molecule has 0 aromatic heterocycles. The van der Waals surface area contributed by atoms with Gasteiger partial charge in [0.05, 0.1) is 19.1 Å². The molecule has 0 spiro atoms. The van der Waals surface area contributed by atoms with Crippen molar-refractivity contribution in [3.63, 3.8) is 0 Å². The molecule has 2 N–H and O–H groups in total. The van der Waals surface area contributed by atoms with Gasteiger partial charge in [-0.15, -0.1) is 0 Å². The number of carbonyl (C=O) groups is 1. The van der Waals surface area contributed by atoms with E-state index in [4.69, 9.17) is 0 Å². The van der Waals surface area contributed by atoms with Crippen molar-refractivity contribution in [2.75, 3.05) is 6.61 Å². The molecule has 0 radical (unpaired) electrons. The first-order valence-corrected chi connectivity index (χ1v) is 6.98. The van der Waals surface area contributed by atoms with Gasteiger partial charge in [-0.1, -0.05) is 56.3 Å². The van der Waals surface area contributed by atoms with E-state index in [0.717, 1.165) is 10.9 Å². The molecule has 2 aromatic rings. The minimum Gasteiger partial charge on any atom is -0.394 e. The van der Waals surface area contributed by atoms with E-state index < -0.39 is 0 Å². The monoisotopic (exact) mass is 271 g/mol. The van der Waals surface area contributed by atoms with Crippen LogP contribution in [-0.2, 0) is 11.2 Å². The van der Waals surface area contributed by atoms with Crippen molar-refractivity contribution < 1.29 is 9.90 Å². The van der Waals surface area contributed by atoms with Gasteiger partial charge in [0.1, 0.15) is 0 Å². The Kier molecular flexibility index (Phi) is 4.74. The fourth-order valence-electron chi connectivity index (χ4n) is 2.22. The average Bonchev–Trinajstić information content (AvgIpc) is 2.44. The summed E-state index contributed by atoms with van der Waals surface area (Å²) < 4.78 is 0. The maximum atomic E-state index is 12.0. The molecule has 20 heavy (non-hydrogen) atoms. The Morgan fingerprint density at radius 2 is 1.85 bits per heavy atom. The number of aliphatic hydroxyl groups excluding tert-OH is 1. The van der Waals surface area contributed by atoms with Gasteiger partial charge in [-0.05, 0) is 22.3 Å². The summed E-state index contributed by atoms with van der Waals surface area (Å²) in [5.74, 6) is 0.175. The van der Waals surface area contributed by atoms with E-state index in [1.54, 1.807) is 0 Å². The van der Waals surface area contributed by atoms with E-state index in [0.29, 0.717) is 6.42 Å². The first-order valence-electron chi connectivity index (χ1n) is 6.98. The highest BCUT2D eigenvalue weighted by Crippen LogP contribution is 2.16. The number of carbonyl (C=O) groups excluding carboxylic acids is 1. The second-order valence-electron chi connectivity index (χ2n) is 5.46. The van der Waals surface area contributed by atoms with Crippen LogP contribution in [0.2, 0.25) is 0 Å². The Balaban J connectivity index is 2.06. The number of amides is 1. The van der Waals surface area contributed by atoms with Gasteiger partial charge in [-0.25, -0.2) is 0 Å². The van der Waals surface area contributed by atoms with Crippen LogP contribution >= 0.6 is 0 Å². The van der Waals surface area contributed by atoms with E-state index in [9.17, 15) is 9.90 Å². The molecule has 3 nitrogen and oxygen atoms in total. The third-order valence-corrected chi connectivity index (χ3v) is 3.53. The third kappa shape index (κ3) is 3.58. The lowest BCUT2D eigenvalue weighted by atomic mass is 10.0. The highest BCUT2D eigenvalue weighted by atomic mass is 16.3. The lowest BCUT2D eigenvalue weighted by molar-refractivity contribution is -0.121. The second-order valence-corrected chi connectivity index (χ2v) is 5.46. The molecule has 0 saturated carbocycles. The van der Waals surface area contributed by atoms with Crippen molar-refractivity contribution in [1.29, 1.82) is 0 Å². The normalized spacial score (nSPS) is 12.6. The summed E-state index contributed by atoms with van der Waals surface area (Å²) in [5.41, 5.74) is 0.988. The van der Waals surface area contributed by atoms with E-state index in [2.05, 4.69) is 11.4 Å². The van der Waals surface area contributed by atoms with Crippen molar-refractivity contribution in [2.24, 2.45) is 5.92 Å². The SMILES string of the molecule is CC(C)[C@@H](CO)NC(=O)Cc1ccc2ccccc2c1. The molecule has 0 aliphatic rings. The summed E-state index contributed by atoms with van der Waals surface area (Å²) in [5, 5.41) is 14.4. The van der Waals surface area contributed by atoms with Gasteiger partial charge in [0.15, 0.2) is 0 Å². The molecule has 0 bridgehead atoms. The molecule has 0 unspecified atom stereocenters. The Hall–Kier alpha value is -1.87. The van der Waals surface area contributed by atoms with Crippen LogP contribution in [0.15, 0.2) is 42.5 Å². The Labute approximate surface area is 119 Å². The number of nitrogens with one attached hydrogen (secondary N) is 1. The standard InChI is InChI=1S/C17H21NO2/c1-12(2)16(11-19)18-17(20)10-13-7-8-14-5-3-4-6-15(14)9-13/h3-9,12,16,19H,10-11H2,1-2H3,(H,18,20)/t16-/m1/s1. The minimum atomic E-state index is -0.178. The zero-order valence-corrected chi connectivity index (χ0v) is 12.0. The molecule has 106 valence electrons. The van der Waals surface area contributed by atoms with Gasteiger partial charge >= 0.3 is 0 Å². The van der Waals surface area contributed by atoms with Crippen LogP contribution in [-0.4, -0.2) is 23.7 Å². The number of rotatable bonds is 5. The second kappa shape index (κ2) is 6.53. The summed E-state index contributed by atoms with van der Waals surface area (Å²) >= 11 is 0. The highest BCUT2D eigenvalue weighted by Gasteiger charge is 2.15. The molecule has 2 rings (SSSR count). The number of hydrogen-bond donors (Lipinski definition) is 2. The van der Waals surface area contributed by atoms with Crippen LogP contribution in [0.25, 0.3) is 10.8 Å². The van der Waals surface area contributed by atoms with Crippen LogP contribution in [0, 0.1) is 5.92 Å². The fourth-order valence-corrected chi connectivity index (χ4v) is 2.22. The topological polar surface area (TPSA) is 49.3 Å². The van der Waals surface area contributed by atoms with Crippen molar-refractivity contribution in [3.8, 4) is 0 Å². The first-order chi connectivity index (χ1) is 9.60. The quantitative estimate of drug-likeness (QED) is 0.878. The van der Waals surface area contributed by atoms with E-state index >= 15 is 0 Å². The van der Waals surface area contributed by atoms with Crippen LogP contribution < -0.4 is 5.32 Å². The summed E-state index contributed by atoms with van der Waals surface area (Å²) in [6.07, 6.45) is 0.341. The number of benzene rings is 2. The molecule has 0 aliphatic carbocycles. The number of fused-ring (bicyclic) bond motifs is 1. The Bertz CT molecular complexity index is 592. The van der Waals surface area contributed by atoms with Crippen LogP contribution in [0.3, 0.4) is 0 Å². The molecule has 0 aliphatic heterocycles. The smallest absolute Gasteiger partial charge is 0.224 e. The number of aliphatic hydroxyl groups is 1. The maximum Gasteiger partial charge on any atom is 0.224 e. The van der Waals surface area contributed by atoms with Crippen molar-refractivity contribution in [3.05, 3.63) is 48.0 Å². The molecule has 3 heteroatoms. The Morgan fingerprint density at radius 1 is 1.15 bits per heavy atom. The van der Waals surface area contributed by atoms with E-state index in [1.807, 2.05) is 50.2 Å². The summed E-state index contributed by atoms with van der Waals surface area (Å²) in [6.45, 7) is 3.94. The third-order valence-electron chi connectivity index (χ3n) is 3.53. The Morgan fingerprint density at radius 3 is 2.50 bits per heavy atom. The molecule has 0 saturated heterocycles. The van der Waals surface area contributed by atoms with Crippen LogP contribution in [0.4, 0.5) is 0 Å². The molecular weight excluding hydrogens is 250 g/mol.